The predicted molar refractivity (Wildman–Crippen MR) is 63.1 cm³/mol. The smallest absolute Gasteiger partial charge is 0.256 e. The average molecular weight is 247 g/mol. The Labute approximate surface area is 103 Å². The van der Waals surface area contributed by atoms with Gasteiger partial charge in [-0.15, -0.1) is 10.2 Å². The van der Waals surface area contributed by atoms with Crippen LogP contribution in [0.2, 0.25) is 0 Å². The zero-order valence-corrected chi connectivity index (χ0v) is 9.96. The average Bonchev–Trinajstić information content (AvgIpc) is 2.98. The number of aryl methyl sites for hydroxylation is 1. The molecule has 1 atom stereocenters. The Morgan fingerprint density at radius 3 is 3.22 bits per heavy atom. The Morgan fingerprint density at radius 1 is 1.56 bits per heavy atom. The van der Waals surface area contributed by atoms with Gasteiger partial charge in [0.05, 0.1) is 12.5 Å². The maximum atomic E-state index is 11.9. The highest BCUT2D eigenvalue weighted by atomic mass is 16.5. The Balaban J connectivity index is 1.84. The van der Waals surface area contributed by atoms with Gasteiger partial charge in [-0.3, -0.25) is 14.5 Å². The molecule has 1 saturated heterocycles. The summed E-state index contributed by atoms with van der Waals surface area (Å²) in [6, 6.07) is 1.84. The molecule has 1 N–H and O–H groups in total. The first-order chi connectivity index (χ1) is 8.74. The van der Waals surface area contributed by atoms with Crippen LogP contribution in [0.3, 0.4) is 0 Å². The standard InChI is InChI=1S/C11H13N5O2/c1-7-2-4-16-10(12-7)14-15-11(16)13-9(17)8-3-5-18-6-8/h2,4,8H,3,5-6H2,1H3,(H,13,15,17). The van der Waals surface area contributed by atoms with Gasteiger partial charge in [-0.1, -0.05) is 0 Å². The van der Waals surface area contributed by atoms with Crippen LogP contribution < -0.4 is 5.32 Å². The minimum atomic E-state index is -0.101. The lowest BCUT2D eigenvalue weighted by Gasteiger charge is -2.07. The summed E-state index contributed by atoms with van der Waals surface area (Å²) < 4.78 is 6.84. The van der Waals surface area contributed by atoms with Gasteiger partial charge in [0, 0.05) is 18.5 Å². The third kappa shape index (κ3) is 1.92. The topological polar surface area (TPSA) is 81.4 Å². The van der Waals surface area contributed by atoms with Crippen molar-refractivity contribution < 1.29 is 9.53 Å². The molecule has 3 heterocycles. The van der Waals surface area contributed by atoms with E-state index in [0.29, 0.717) is 24.9 Å². The second-order valence-corrected chi connectivity index (χ2v) is 4.31. The monoisotopic (exact) mass is 247 g/mol. The molecule has 2 aromatic heterocycles. The summed E-state index contributed by atoms with van der Waals surface area (Å²) in [5.41, 5.74) is 0.858. The number of nitrogens with one attached hydrogen (secondary N) is 1. The lowest BCUT2D eigenvalue weighted by atomic mass is 10.1. The van der Waals surface area contributed by atoms with Gasteiger partial charge in [-0.25, -0.2) is 4.98 Å². The molecule has 0 aromatic carbocycles. The van der Waals surface area contributed by atoms with E-state index in [1.165, 1.54) is 0 Å². The molecule has 7 heteroatoms. The highest BCUT2D eigenvalue weighted by Crippen LogP contribution is 2.15. The van der Waals surface area contributed by atoms with Crippen LogP contribution in [0.1, 0.15) is 12.1 Å². The van der Waals surface area contributed by atoms with Crippen molar-refractivity contribution in [2.75, 3.05) is 18.5 Å². The molecule has 1 amide bonds. The van der Waals surface area contributed by atoms with Gasteiger partial charge >= 0.3 is 0 Å². The Morgan fingerprint density at radius 2 is 2.44 bits per heavy atom. The molecule has 0 radical (unpaired) electrons. The number of carbonyl (C=O) groups is 1. The quantitative estimate of drug-likeness (QED) is 0.831. The van der Waals surface area contributed by atoms with Gasteiger partial charge in [-0.2, -0.15) is 0 Å². The van der Waals surface area contributed by atoms with E-state index in [1.807, 2.05) is 13.0 Å². The van der Waals surface area contributed by atoms with Crippen molar-refractivity contribution in [3.8, 4) is 0 Å². The summed E-state index contributed by atoms with van der Waals surface area (Å²) in [5, 5.41) is 10.6. The fourth-order valence-electron chi connectivity index (χ4n) is 1.91. The number of carbonyl (C=O) groups excluding carboxylic acids is 1. The largest absolute Gasteiger partial charge is 0.381 e. The van der Waals surface area contributed by atoms with Gasteiger partial charge in [0.15, 0.2) is 0 Å². The summed E-state index contributed by atoms with van der Waals surface area (Å²) in [6.45, 7) is 2.99. The molecular weight excluding hydrogens is 234 g/mol. The molecule has 7 nitrogen and oxygen atoms in total. The first-order valence-corrected chi connectivity index (χ1v) is 5.81. The molecule has 1 aliphatic rings. The van der Waals surface area contributed by atoms with Gasteiger partial charge in [0.1, 0.15) is 0 Å². The van der Waals surface area contributed by atoms with Crippen LogP contribution in [0.15, 0.2) is 12.3 Å². The zero-order chi connectivity index (χ0) is 12.5. The van der Waals surface area contributed by atoms with Crippen LogP contribution in [0.4, 0.5) is 5.95 Å². The second kappa shape index (κ2) is 4.34. The predicted octanol–water partition coefficient (Wildman–Crippen LogP) is 0.408. The summed E-state index contributed by atoms with van der Waals surface area (Å²) in [7, 11) is 0. The van der Waals surface area contributed by atoms with Crippen LogP contribution in [0, 0.1) is 12.8 Å². The van der Waals surface area contributed by atoms with E-state index in [9.17, 15) is 4.79 Å². The maximum absolute atomic E-state index is 11.9. The van der Waals surface area contributed by atoms with E-state index >= 15 is 0 Å². The van der Waals surface area contributed by atoms with Crippen molar-refractivity contribution in [2.45, 2.75) is 13.3 Å². The molecule has 1 unspecified atom stereocenters. The zero-order valence-electron chi connectivity index (χ0n) is 9.96. The fraction of sp³-hybridized carbons (Fsp3) is 0.455. The number of anilines is 1. The van der Waals surface area contributed by atoms with E-state index in [2.05, 4.69) is 20.5 Å². The number of hydrogen-bond donors (Lipinski definition) is 1. The molecule has 1 fully saturated rings. The third-order valence-electron chi connectivity index (χ3n) is 2.95. The highest BCUT2D eigenvalue weighted by molar-refractivity contribution is 5.91. The normalized spacial score (nSPS) is 19.3. The van der Waals surface area contributed by atoms with Crippen molar-refractivity contribution in [1.29, 1.82) is 0 Å². The first-order valence-electron chi connectivity index (χ1n) is 5.81. The summed E-state index contributed by atoms with van der Waals surface area (Å²) in [4.78, 5) is 16.1. The number of amides is 1. The van der Waals surface area contributed by atoms with E-state index in [0.717, 1.165) is 12.1 Å². The maximum Gasteiger partial charge on any atom is 0.256 e. The van der Waals surface area contributed by atoms with E-state index in [-0.39, 0.29) is 11.8 Å². The van der Waals surface area contributed by atoms with Gasteiger partial charge in [0.25, 0.3) is 5.78 Å². The first kappa shape index (κ1) is 11.1. The van der Waals surface area contributed by atoms with Gasteiger partial charge < -0.3 is 4.74 Å². The molecule has 0 saturated carbocycles. The van der Waals surface area contributed by atoms with E-state index in [4.69, 9.17) is 4.74 Å². The van der Waals surface area contributed by atoms with Crippen molar-refractivity contribution in [2.24, 2.45) is 5.92 Å². The van der Waals surface area contributed by atoms with E-state index < -0.39 is 0 Å². The van der Waals surface area contributed by atoms with Crippen molar-refractivity contribution in [3.05, 3.63) is 18.0 Å². The molecule has 0 bridgehead atoms. The number of fused-ring (bicyclic) bond motifs is 1. The summed E-state index contributed by atoms with van der Waals surface area (Å²) >= 11 is 0. The molecule has 2 aromatic rings. The van der Waals surface area contributed by atoms with Crippen molar-refractivity contribution >= 4 is 17.6 Å². The fourth-order valence-corrected chi connectivity index (χ4v) is 1.91. The number of hydrogen-bond acceptors (Lipinski definition) is 5. The summed E-state index contributed by atoms with van der Waals surface area (Å²) in [6.07, 6.45) is 2.54. The number of nitrogens with zero attached hydrogens (tertiary/aromatic N) is 4. The lowest BCUT2D eigenvalue weighted by Crippen LogP contribution is -2.24. The highest BCUT2D eigenvalue weighted by Gasteiger charge is 2.24. The van der Waals surface area contributed by atoms with Crippen molar-refractivity contribution in [3.63, 3.8) is 0 Å². The minimum Gasteiger partial charge on any atom is -0.381 e. The molecule has 1 aliphatic heterocycles. The second-order valence-electron chi connectivity index (χ2n) is 4.31. The SMILES string of the molecule is Cc1ccn2c(NC(=O)C3CCOC3)nnc2n1. The molecule has 0 aliphatic carbocycles. The van der Waals surface area contributed by atoms with E-state index in [1.54, 1.807) is 10.6 Å². The van der Waals surface area contributed by atoms with Crippen LogP contribution >= 0.6 is 0 Å². The minimum absolute atomic E-state index is 0.0811. The summed E-state index contributed by atoms with van der Waals surface area (Å²) in [5.74, 6) is 0.695. The molecule has 94 valence electrons. The third-order valence-corrected chi connectivity index (χ3v) is 2.95. The number of rotatable bonds is 2. The van der Waals surface area contributed by atoms with Crippen LogP contribution in [0.5, 0.6) is 0 Å². The molecular formula is C11H13N5O2. The molecule has 0 spiro atoms. The number of aromatic nitrogens is 4. The van der Waals surface area contributed by atoms with Crippen LogP contribution in [0.25, 0.3) is 5.78 Å². The van der Waals surface area contributed by atoms with Crippen molar-refractivity contribution in [1.82, 2.24) is 19.6 Å². The Hall–Kier alpha value is -2.02. The van der Waals surface area contributed by atoms with Crippen LogP contribution in [-0.4, -0.2) is 38.7 Å². The molecule has 18 heavy (non-hydrogen) atoms. The van der Waals surface area contributed by atoms with Crippen LogP contribution in [-0.2, 0) is 9.53 Å². The Kier molecular flexibility index (Phi) is 2.67. The molecule has 3 rings (SSSR count). The van der Waals surface area contributed by atoms with Gasteiger partial charge in [-0.05, 0) is 19.4 Å². The lowest BCUT2D eigenvalue weighted by molar-refractivity contribution is -0.119. The Bertz CT molecular complexity index is 588. The number of ether oxygens (including phenoxy) is 1. The van der Waals surface area contributed by atoms with Gasteiger partial charge in [0.2, 0.25) is 11.9 Å².